The molecule has 1 aliphatic rings. The Kier molecular flexibility index (Phi) is 5.67. The molecular weight excluding hydrogens is 404 g/mol. The number of aromatic nitrogens is 2. The Balaban J connectivity index is 1.97. The first-order chi connectivity index (χ1) is 12.5. The number of pyridine rings is 2. The molecule has 0 atom stereocenters. The number of carbonyl (C=O) groups excluding carboxylic acids is 2. The van der Waals surface area contributed by atoms with E-state index in [1.165, 1.54) is 6.20 Å². The summed E-state index contributed by atoms with van der Waals surface area (Å²) in [4.78, 5) is 42.7. The molecule has 0 aromatic carbocycles. The first-order valence-electron chi connectivity index (χ1n) is 8.34. The Morgan fingerprint density at radius 2 is 2.19 bits per heavy atom. The van der Waals surface area contributed by atoms with Crippen LogP contribution in [-0.4, -0.2) is 59.1 Å². The van der Waals surface area contributed by atoms with Crippen molar-refractivity contribution in [3.63, 3.8) is 0 Å². The number of halogens is 1. The molecule has 3 rings (SSSR count). The minimum Gasteiger partial charge on any atom is -0.462 e. The van der Waals surface area contributed by atoms with Crippen molar-refractivity contribution >= 4 is 38.8 Å². The normalized spacial score (nSPS) is 15.1. The van der Waals surface area contributed by atoms with Gasteiger partial charge in [-0.3, -0.25) is 14.5 Å². The standard InChI is InChI=1S/C17H19BrN4O4/c1-2-26-17(25)13-9-22(6-5-21-4-3-19-14(23)10-21)16-12(15(13)24)7-11(18)8-20-16/h7-9H,2-6,10H2,1H3,(H,19,23). The summed E-state index contributed by atoms with van der Waals surface area (Å²) in [6, 6.07) is 1.65. The van der Waals surface area contributed by atoms with Crippen molar-refractivity contribution in [1.82, 2.24) is 19.8 Å². The van der Waals surface area contributed by atoms with E-state index in [1.807, 2.05) is 4.90 Å². The van der Waals surface area contributed by atoms with E-state index in [0.717, 1.165) is 6.54 Å². The molecule has 2 aromatic rings. The molecule has 26 heavy (non-hydrogen) atoms. The first kappa shape index (κ1) is 18.5. The Labute approximate surface area is 158 Å². The Morgan fingerprint density at radius 3 is 2.92 bits per heavy atom. The van der Waals surface area contributed by atoms with Crippen LogP contribution in [0.25, 0.3) is 11.0 Å². The van der Waals surface area contributed by atoms with Crippen LogP contribution in [0.3, 0.4) is 0 Å². The maximum Gasteiger partial charge on any atom is 0.343 e. The zero-order valence-corrected chi connectivity index (χ0v) is 15.9. The van der Waals surface area contributed by atoms with Gasteiger partial charge in [0, 0.05) is 43.0 Å². The van der Waals surface area contributed by atoms with Gasteiger partial charge in [0.25, 0.3) is 0 Å². The van der Waals surface area contributed by atoms with Gasteiger partial charge in [0.15, 0.2) is 0 Å². The fourth-order valence-electron chi connectivity index (χ4n) is 2.90. The molecule has 138 valence electrons. The molecule has 0 saturated carbocycles. The van der Waals surface area contributed by atoms with Gasteiger partial charge in [0.1, 0.15) is 11.2 Å². The fraction of sp³-hybridized carbons (Fsp3) is 0.412. The Morgan fingerprint density at radius 1 is 1.38 bits per heavy atom. The number of hydrogen-bond acceptors (Lipinski definition) is 6. The highest BCUT2D eigenvalue weighted by Gasteiger charge is 2.19. The lowest BCUT2D eigenvalue weighted by atomic mass is 10.2. The van der Waals surface area contributed by atoms with Crippen LogP contribution in [0.5, 0.6) is 0 Å². The smallest absolute Gasteiger partial charge is 0.343 e. The zero-order valence-electron chi connectivity index (χ0n) is 14.3. The van der Waals surface area contributed by atoms with E-state index in [4.69, 9.17) is 4.74 Å². The molecule has 2 aromatic heterocycles. The van der Waals surface area contributed by atoms with E-state index in [0.29, 0.717) is 41.7 Å². The molecule has 0 bridgehead atoms. The number of esters is 1. The van der Waals surface area contributed by atoms with Gasteiger partial charge in [-0.1, -0.05) is 0 Å². The van der Waals surface area contributed by atoms with E-state index >= 15 is 0 Å². The van der Waals surface area contributed by atoms with Crippen molar-refractivity contribution in [3.05, 3.63) is 38.7 Å². The Bertz CT molecular complexity index is 912. The molecule has 1 saturated heterocycles. The number of carbonyl (C=O) groups is 2. The molecule has 1 fully saturated rings. The predicted octanol–water partition coefficient (Wildman–Crippen LogP) is 0.768. The number of nitrogens with zero attached hydrogens (tertiary/aromatic N) is 3. The van der Waals surface area contributed by atoms with Gasteiger partial charge in [-0.15, -0.1) is 0 Å². The van der Waals surface area contributed by atoms with Crippen LogP contribution in [0.2, 0.25) is 0 Å². The van der Waals surface area contributed by atoms with Gasteiger partial charge in [0.2, 0.25) is 11.3 Å². The van der Waals surface area contributed by atoms with Gasteiger partial charge in [-0.2, -0.15) is 0 Å². The third kappa shape index (κ3) is 3.94. The van der Waals surface area contributed by atoms with Crippen molar-refractivity contribution in [1.29, 1.82) is 0 Å². The monoisotopic (exact) mass is 422 g/mol. The SMILES string of the molecule is CCOC(=O)c1cn(CCN2CCNC(=O)C2)c2ncc(Br)cc2c1=O. The summed E-state index contributed by atoms with van der Waals surface area (Å²) in [5.74, 6) is -0.652. The second kappa shape index (κ2) is 7.96. The first-order valence-corrected chi connectivity index (χ1v) is 9.13. The number of piperazine rings is 1. The molecule has 0 radical (unpaired) electrons. The molecule has 8 nitrogen and oxygen atoms in total. The second-order valence-electron chi connectivity index (χ2n) is 5.94. The highest BCUT2D eigenvalue weighted by atomic mass is 79.9. The Hall–Kier alpha value is -2.26. The molecule has 1 amide bonds. The van der Waals surface area contributed by atoms with Crippen LogP contribution in [0.15, 0.2) is 27.7 Å². The maximum absolute atomic E-state index is 12.7. The van der Waals surface area contributed by atoms with E-state index in [9.17, 15) is 14.4 Å². The molecular formula is C17H19BrN4O4. The van der Waals surface area contributed by atoms with Gasteiger partial charge in [-0.25, -0.2) is 9.78 Å². The van der Waals surface area contributed by atoms with Gasteiger partial charge >= 0.3 is 5.97 Å². The number of fused-ring (bicyclic) bond motifs is 1. The van der Waals surface area contributed by atoms with Crippen LogP contribution >= 0.6 is 15.9 Å². The lowest BCUT2D eigenvalue weighted by Gasteiger charge is -2.26. The summed E-state index contributed by atoms with van der Waals surface area (Å²) < 4.78 is 7.42. The highest BCUT2D eigenvalue weighted by Crippen LogP contribution is 2.16. The third-order valence-corrected chi connectivity index (χ3v) is 4.58. The summed E-state index contributed by atoms with van der Waals surface area (Å²) in [6.07, 6.45) is 3.10. The van der Waals surface area contributed by atoms with E-state index in [-0.39, 0.29) is 18.1 Å². The molecule has 1 aliphatic heterocycles. The predicted molar refractivity (Wildman–Crippen MR) is 99.1 cm³/mol. The zero-order chi connectivity index (χ0) is 18.7. The number of amides is 1. The van der Waals surface area contributed by atoms with Crippen molar-refractivity contribution in [2.75, 3.05) is 32.8 Å². The highest BCUT2D eigenvalue weighted by molar-refractivity contribution is 9.10. The molecule has 0 aliphatic carbocycles. The quantitative estimate of drug-likeness (QED) is 0.715. The molecule has 9 heteroatoms. The summed E-state index contributed by atoms with van der Waals surface area (Å²) >= 11 is 3.31. The van der Waals surface area contributed by atoms with E-state index < -0.39 is 11.4 Å². The lowest BCUT2D eigenvalue weighted by Crippen LogP contribution is -2.48. The summed E-state index contributed by atoms with van der Waals surface area (Å²) in [5.41, 5.74) is 0.0733. The molecule has 3 heterocycles. The second-order valence-corrected chi connectivity index (χ2v) is 6.85. The largest absolute Gasteiger partial charge is 0.462 e. The lowest BCUT2D eigenvalue weighted by molar-refractivity contribution is -0.124. The molecule has 0 spiro atoms. The van der Waals surface area contributed by atoms with Crippen LogP contribution in [0, 0.1) is 0 Å². The van der Waals surface area contributed by atoms with Crippen molar-refractivity contribution in [3.8, 4) is 0 Å². The molecule has 1 N–H and O–H groups in total. The van der Waals surface area contributed by atoms with E-state index in [2.05, 4.69) is 26.2 Å². The van der Waals surface area contributed by atoms with E-state index in [1.54, 1.807) is 23.8 Å². The van der Waals surface area contributed by atoms with Crippen LogP contribution in [0.1, 0.15) is 17.3 Å². The van der Waals surface area contributed by atoms with Crippen molar-refractivity contribution in [2.24, 2.45) is 0 Å². The fourth-order valence-corrected chi connectivity index (χ4v) is 3.24. The average molecular weight is 423 g/mol. The van der Waals surface area contributed by atoms with Crippen LogP contribution in [-0.2, 0) is 16.1 Å². The van der Waals surface area contributed by atoms with Crippen molar-refractivity contribution in [2.45, 2.75) is 13.5 Å². The minimum absolute atomic E-state index is 0.00437. The van der Waals surface area contributed by atoms with Gasteiger partial charge < -0.3 is 14.6 Å². The van der Waals surface area contributed by atoms with Crippen LogP contribution in [0.4, 0.5) is 0 Å². The summed E-state index contributed by atoms with van der Waals surface area (Å²) in [5, 5.41) is 3.13. The third-order valence-electron chi connectivity index (χ3n) is 4.15. The maximum atomic E-state index is 12.7. The number of nitrogens with one attached hydrogen (secondary N) is 1. The van der Waals surface area contributed by atoms with Crippen LogP contribution < -0.4 is 10.7 Å². The minimum atomic E-state index is -0.648. The van der Waals surface area contributed by atoms with Gasteiger partial charge in [0.05, 0.1) is 18.5 Å². The molecule has 0 unspecified atom stereocenters. The topological polar surface area (TPSA) is 93.5 Å². The number of rotatable bonds is 5. The van der Waals surface area contributed by atoms with Gasteiger partial charge in [-0.05, 0) is 28.9 Å². The van der Waals surface area contributed by atoms with Crippen molar-refractivity contribution < 1.29 is 14.3 Å². The summed E-state index contributed by atoms with van der Waals surface area (Å²) in [7, 11) is 0. The average Bonchev–Trinajstić information content (AvgIpc) is 2.61. The summed E-state index contributed by atoms with van der Waals surface area (Å²) in [6.45, 7) is 4.68. The number of ether oxygens (including phenoxy) is 1. The number of hydrogen-bond donors (Lipinski definition) is 1.